The molecule has 0 amide bonds. The molecule has 9 aromatic carbocycles. The SMILES string of the molecule is CN(C)CCCC1(c2ccc(F)cc2)OCc2cc(C#N)ccc21.CNC1CCC(c2ccc(Cl)c(Cl)c2)c2ccccc21.CNCCC(Oc1ccc(C(F)(F)F)cc1)c1ccccc1.COCCCC/C(=N\OCCN)c1ccc(C(F)(F)F)cc1.Fc1ccc(C2CCNCC2COc2ccc3c(c2)OCO3)cc1. The minimum absolute atomic E-state index is 0.194. The Labute approximate surface area is 661 Å². The van der Waals surface area contributed by atoms with Crippen LogP contribution in [0.4, 0.5) is 35.1 Å². The summed E-state index contributed by atoms with van der Waals surface area (Å²) in [6, 6.07) is 61.4. The Kier molecular flexibility index (Phi) is 33.5. The molecule has 1 saturated heterocycles. The summed E-state index contributed by atoms with van der Waals surface area (Å²) >= 11 is 12.2. The Morgan fingerprint density at radius 3 is 2.02 bits per heavy atom. The number of halogens is 10. The van der Waals surface area contributed by atoms with Gasteiger partial charge >= 0.3 is 12.4 Å². The monoisotopic (exact) mass is 1590 g/mol. The van der Waals surface area contributed by atoms with Crippen LogP contribution in [0.3, 0.4) is 0 Å². The Morgan fingerprint density at radius 2 is 1.37 bits per heavy atom. The van der Waals surface area contributed by atoms with Crippen molar-refractivity contribution in [2.45, 2.75) is 106 Å². The standard InChI is InChI=1S/C20H21FN2O.C19H20FNO3.C17H17Cl2N.C17H18F3NO.C15H21F3N2O2/c1-23(2)11-3-10-20(17-5-7-18(21)8-6-17)19-9-4-15(13-22)12-16(19)14-24-20;20-15-3-1-13(2-4-15)17-7-8-21-10-14(17)11-22-16-5-6-18-19(9-16)24-12-23-18;1-20-17-9-7-12(13-4-2-3-5-14(13)17)11-6-8-15(18)16(19)10-11;1-21-12-11-16(13-5-3-2-4-6-13)22-15-9-7-14(8-10-15)17(18,19)20;1-21-10-3-2-4-14(20-22-11-9-19)12-5-7-13(8-6-12)15(16,17)18/h4-9,12H,3,10-11,14H2,1-2H3;1-6,9,14,17,21H,7-8,10-12H2;2-6,8,10,12,17,20H,7,9H2,1H3;2-10,16,21H,11-12H2,1H3;5-8H,2-4,9-11,19H2,1H3/b;;;;20-14+. The summed E-state index contributed by atoms with van der Waals surface area (Å²) in [5, 5.41) is 24.2. The minimum atomic E-state index is -4.34. The molecule has 3 aliphatic heterocycles. The maximum absolute atomic E-state index is 13.4. The number of hydrogen-bond donors (Lipinski definition) is 4. The van der Waals surface area contributed by atoms with E-state index < -0.39 is 29.1 Å². The zero-order valence-electron chi connectivity index (χ0n) is 63.5. The van der Waals surface area contributed by atoms with Crippen molar-refractivity contribution in [3.8, 4) is 29.1 Å². The topological polar surface area (TPSA) is 166 Å². The van der Waals surface area contributed by atoms with Gasteiger partial charge in [0.05, 0.1) is 51.7 Å². The number of nitrogens with one attached hydrogen (secondary N) is 3. The van der Waals surface area contributed by atoms with Crippen molar-refractivity contribution in [2.24, 2.45) is 16.8 Å². The summed E-state index contributed by atoms with van der Waals surface area (Å²) in [7, 11) is 9.59. The number of fused-ring (bicyclic) bond motifs is 3. The van der Waals surface area contributed by atoms with Crippen LogP contribution < -0.4 is 40.6 Å². The lowest BCUT2D eigenvalue weighted by Gasteiger charge is -2.32. The van der Waals surface area contributed by atoms with Gasteiger partial charge in [0.2, 0.25) is 6.79 Å². The van der Waals surface area contributed by atoms with E-state index in [4.69, 9.17) is 67.5 Å². The molecule has 13 rings (SSSR count). The van der Waals surface area contributed by atoms with Crippen molar-refractivity contribution in [3.05, 3.63) is 295 Å². The first-order valence-electron chi connectivity index (χ1n) is 37.4. The Bertz CT molecular complexity index is 4430. The fourth-order valence-electron chi connectivity index (χ4n) is 13.9. The molecule has 0 saturated carbocycles. The van der Waals surface area contributed by atoms with Gasteiger partial charge in [-0.05, 0) is 252 Å². The molecule has 5 N–H and O–H groups in total. The zero-order chi connectivity index (χ0) is 80.1. The third-order valence-electron chi connectivity index (χ3n) is 19.7. The molecule has 1 aliphatic carbocycles. The number of rotatable bonds is 26. The van der Waals surface area contributed by atoms with E-state index in [9.17, 15) is 35.1 Å². The summed E-state index contributed by atoms with van der Waals surface area (Å²) < 4.78 is 136. The van der Waals surface area contributed by atoms with Crippen molar-refractivity contribution < 1.29 is 68.4 Å². The Hall–Kier alpha value is -9.12. The van der Waals surface area contributed by atoms with Crippen molar-refractivity contribution in [2.75, 3.05) is 94.6 Å². The van der Waals surface area contributed by atoms with Gasteiger partial charge in [-0.15, -0.1) is 0 Å². The number of nitrogens with two attached hydrogens (primary N) is 1. The van der Waals surface area contributed by atoms with Crippen LogP contribution in [0.1, 0.15) is 149 Å². The summed E-state index contributed by atoms with van der Waals surface area (Å²) in [4.78, 5) is 7.21. The second-order valence-electron chi connectivity index (χ2n) is 27.6. The van der Waals surface area contributed by atoms with Crippen LogP contribution in [0.2, 0.25) is 10.0 Å². The lowest BCUT2D eigenvalue weighted by molar-refractivity contribution is -0.138. The van der Waals surface area contributed by atoms with Gasteiger partial charge in [0.1, 0.15) is 41.4 Å². The van der Waals surface area contributed by atoms with E-state index in [0.29, 0.717) is 89.2 Å². The number of methoxy groups -OCH3 is 1. The van der Waals surface area contributed by atoms with Gasteiger partial charge < -0.3 is 59.8 Å². The number of nitrogens with zero attached hydrogens (tertiary/aromatic N) is 3. The first-order chi connectivity index (χ1) is 54.0. The Balaban J connectivity index is 0.000000161. The van der Waals surface area contributed by atoms with Crippen molar-refractivity contribution in [1.29, 1.82) is 5.26 Å². The average Bonchev–Trinajstić information content (AvgIpc) is 1.59. The van der Waals surface area contributed by atoms with Crippen molar-refractivity contribution in [3.63, 3.8) is 0 Å². The molecule has 0 spiro atoms. The molecule has 9 aromatic rings. The number of nitriles is 1. The predicted molar refractivity (Wildman–Crippen MR) is 423 cm³/mol. The molecule has 6 atom stereocenters. The third-order valence-corrected chi connectivity index (χ3v) is 20.5. The van der Waals surface area contributed by atoms with Gasteiger partial charge in [0.15, 0.2) is 11.5 Å². The number of alkyl halides is 6. The summed E-state index contributed by atoms with van der Waals surface area (Å²) in [6.45, 7) is 6.14. The number of benzene rings is 9. The van der Waals surface area contributed by atoms with E-state index in [1.165, 1.54) is 70.8 Å². The molecule has 596 valence electrons. The van der Waals surface area contributed by atoms with Crippen molar-refractivity contribution >= 4 is 28.9 Å². The van der Waals surface area contributed by atoms with E-state index in [1.54, 1.807) is 19.2 Å². The maximum Gasteiger partial charge on any atom is 0.416 e. The van der Waals surface area contributed by atoms with Crippen LogP contribution >= 0.6 is 23.2 Å². The molecule has 112 heavy (non-hydrogen) atoms. The first kappa shape index (κ1) is 86.9. The molecule has 3 heterocycles. The molecule has 6 unspecified atom stereocenters. The fourth-order valence-corrected chi connectivity index (χ4v) is 14.2. The Morgan fingerprint density at radius 1 is 0.705 bits per heavy atom. The number of piperidine rings is 1. The van der Waals surface area contributed by atoms with Gasteiger partial charge in [-0.2, -0.15) is 31.6 Å². The largest absolute Gasteiger partial charge is 0.493 e. The highest BCUT2D eigenvalue weighted by Gasteiger charge is 2.42. The van der Waals surface area contributed by atoms with E-state index in [-0.39, 0.29) is 31.1 Å². The second-order valence-corrected chi connectivity index (χ2v) is 28.5. The van der Waals surface area contributed by atoms with Crippen LogP contribution in [0, 0.1) is 28.9 Å². The highest BCUT2D eigenvalue weighted by Crippen LogP contribution is 2.47. The highest BCUT2D eigenvalue weighted by atomic mass is 35.5. The quantitative estimate of drug-likeness (QED) is 0.0175. The van der Waals surface area contributed by atoms with E-state index in [1.807, 2.05) is 119 Å². The lowest BCUT2D eigenvalue weighted by atomic mass is 9.77. The van der Waals surface area contributed by atoms with Gasteiger partial charge in [0.25, 0.3) is 0 Å². The number of unbranched alkanes of at least 4 members (excludes halogenated alkanes) is 1. The van der Waals surface area contributed by atoms with Crippen LogP contribution in [-0.2, 0) is 38.9 Å². The maximum atomic E-state index is 13.4. The molecule has 4 aliphatic rings. The first-order valence-corrected chi connectivity index (χ1v) is 38.2. The van der Waals surface area contributed by atoms with Gasteiger partial charge in [-0.3, -0.25) is 0 Å². The molecule has 0 bridgehead atoms. The molecule has 1 fully saturated rings. The molecule has 0 radical (unpaired) electrons. The van der Waals surface area contributed by atoms with E-state index in [2.05, 4.69) is 62.4 Å². The second kappa shape index (κ2) is 43.2. The average molecular weight is 1590 g/mol. The molecule has 0 aromatic heterocycles. The van der Waals surface area contributed by atoms with Gasteiger partial charge in [-0.25, -0.2) is 8.78 Å². The fraction of sp³-hybridized carbons (Fsp3) is 0.364. The van der Waals surface area contributed by atoms with Crippen LogP contribution in [0.15, 0.2) is 211 Å². The molecule has 24 heteroatoms. The van der Waals surface area contributed by atoms with Gasteiger partial charge in [-0.1, -0.05) is 131 Å². The normalized spacial score (nSPS) is 17.8. The molecular formula is C88H97Cl2F8N7O7. The number of hydrogen-bond acceptors (Lipinski definition) is 14. The summed E-state index contributed by atoms with van der Waals surface area (Å²) in [6.07, 6.45) is -0.842. The van der Waals surface area contributed by atoms with Gasteiger partial charge in [0, 0.05) is 57.2 Å². The number of ether oxygens (including phenoxy) is 6. The smallest absolute Gasteiger partial charge is 0.416 e. The van der Waals surface area contributed by atoms with Crippen LogP contribution in [0.25, 0.3) is 0 Å². The third kappa shape index (κ3) is 25.2. The zero-order valence-corrected chi connectivity index (χ0v) is 65.0. The lowest BCUT2D eigenvalue weighted by Crippen LogP contribution is -2.38. The minimum Gasteiger partial charge on any atom is -0.493 e. The van der Waals surface area contributed by atoms with E-state index >= 15 is 0 Å². The highest BCUT2D eigenvalue weighted by molar-refractivity contribution is 6.42. The molecule has 14 nitrogen and oxygen atoms in total. The summed E-state index contributed by atoms with van der Waals surface area (Å²) in [5.74, 6) is 3.37. The number of oxime groups is 1. The predicted octanol–water partition coefficient (Wildman–Crippen LogP) is 20.0. The molecular weight excluding hydrogens is 1490 g/mol. The van der Waals surface area contributed by atoms with Crippen LogP contribution in [0.5, 0.6) is 23.0 Å². The van der Waals surface area contributed by atoms with Crippen LogP contribution in [-0.4, -0.2) is 105 Å². The van der Waals surface area contributed by atoms with Crippen molar-refractivity contribution in [1.82, 2.24) is 20.9 Å². The summed E-state index contributed by atoms with van der Waals surface area (Å²) in [5.41, 5.74) is 14.6. The van der Waals surface area contributed by atoms with E-state index in [0.717, 1.165) is 141 Å².